The highest BCUT2D eigenvalue weighted by Gasteiger charge is 2.35. The number of amides is 1. The van der Waals surface area contributed by atoms with E-state index in [1.807, 2.05) is 41.2 Å². The molecule has 1 aliphatic rings. The van der Waals surface area contributed by atoms with Gasteiger partial charge < -0.3 is 14.6 Å². The Labute approximate surface area is 126 Å². The molecule has 0 spiro atoms. The summed E-state index contributed by atoms with van der Waals surface area (Å²) in [6.45, 7) is 0. The number of hydrogen-bond donors (Lipinski definition) is 1. The van der Waals surface area contributed by atoms with Gasteiger partial charge in [0.15, 0.2) is 0 Å². The number of hydrogen-bond acceptors (Lipinski definition) is 3. The van der Waals surface area contributed by atoms with E-state index in [9.17, 15) is 14.7 Å². The van der Waals surface area contributed by atoms with Crippen molar-refractivity contribution in [3.05, 3.63) is 54.4 Å². The summed E-state index contributed by atoms with van der Waals surface area (Å²) in [5.74, 6) is -0.321. The molecule has 1 aromatic heterocycles. The average Bonchev–Trinajstić information content (AvgIpc) is 3.17. The molecule has 1 saturated heterocycles. The summed E-state index contributed by atoms with van der Waals surface area (Å²) < 4.78 is 1.91. The molecule has 3 rings (SSSR count). The van der Waals surface area contributed by atoms with Gasteiger partial charge in [0.05, 0.1) is 5.88 Å². The molecule has 1 unspecified atom stereocenters. The van der Waals surface area contributed by atoms with E-state index in [1.54, 1.807) is 12.1 Å². The Balaban J connectivity index is 1.88. The van der Waals surface area contributed by atoms with Crippen LogP contribution in [0.1, 0.15) is 10.4 Å². The van der Waals surface area contributed by atoms with Gasteiger partial charge in [-0.2, -0.15) is 0 Å². The molecule has 21 heavy (non-hydrogen) atoms. The number of carboxylic acids is 1. The molecule has 1 atom stereocenters. The molecule has 1 aliphatic heterocycles. The zero-order valence-corrected chi connectivity index (χ0v) is 12.0. The molecule has 0 aliphatic carbocycles. The van der Waals surface area contributed by atoms with Crippen LogP contribution < -0.4 is 0 Å². The van der Waals surface area contributed by atoms with E-state index in [0.717, 1.165) is 5.69 Å². The number of rotatable bonds is 3. The molecule has 0 saturated carbocycles. The lowest BCUT2D eigenvalue weighted by molar-refractivity contribution is -0.140. The number of nitrogens with zero attached hydrogens (tertiary/aromatic N) is 2. The summed E-state index contributed by atoms with van der Waals surface area (Å²) in [5, 5.41) is 9.17. The van der Waals surface area contributed by atoms with Gasteiger partial charge in [0, 0.05) is 29.4 Å². The lowest BCUT2D eigenvalue weighted by Crippen LogP contribution is -2.41. The van der Waals surface area contributed by atoms with Crippen LogP contribution in [0.5, 0.6) is 0 Å². The molecule has 0 radical (unpaired) electrons. The van der Waals surface area contributed by atoms with E-state index < -0.39 is 12.0 Å². The van der Waals surface area contributed by atoms with Crippen LogP contribution in [0.3, 0.4) is 0 Å². The summed E-state index contributed by atoms with van der Waals surface area (Å²) in [7, 11) is 0. The highest BCUT2D eigenvalue weighted by Crippen LogP contribution is 2.24. The Morgan fingerprint density at radius 2 is 1.95 bits per heavy atom. The van der Waals surface area contributed by atoms with Crippen molar-refractivity contribution in [2.75, 3.05) is 11.6 Å². The van der Waals surface area contributed by atoms with Crippen LogP contribution in [-0.4, -0.2) is 44.1 Å². The zero-order valence-electron chi connectivity index (χ0n) is 11.2. The summed E-state index contributed by atoms with van der Waals surface area (Å²) >= 11 is 1.46. The molecule has 1 fully saturated rings. The second-order valence-corrected chi connectivity index (χ2v) is 5.77. The molecule has 1 amide bonds. The fraction of sp³-hybridized carbons (Fsp3) is 0.200. The van der Waals surface area contributed by atoms with Crippen molar-refractivity contribution in [1.82, 2.24) is 9.47 Å². The van der Waals surface area contributed by atoms with Crippen molar-refractivity contribution in [2.45, 2.75) is 6.04 Å². The first kappa shape index (κ1) is 13.8. The van der Waals surface area contributed by atoms with Crippen molar-refractivity contribution in [3.8, 4) is 5.69 Å². The third-order valence-electron chi connectivity index (χ3n) is 3.42. The lowest BCUT2D eigenvalue weighted by Gasteiger charge is -2.20. The third-order valence-corrected chi connectivity index (χ3v) is 4.44. The van der Waals surface area contributed by atoms with Gasteiger partial charge in [0.2, 0.25) is 0 Å². The number of carboxylic acid groups (broad SMARTS) is 1. The molecular weight excluding hydrogens is 288 g/mol. The summed E-state index contributed by atoms with van der Waals surface area (Å²) in [4.78, 5) is 25.1. The van der Waals surface area contributed by atoms with Crippen molar-refractivity contribution in [3.63, 3.8) is 0 Å². The first-order chi connectivity index (χ1) is 10.2. The maximum atomic E-state index is 12.5. The minimum Gasteiger partial charge on any atom is -0.480 e. The van der Waals surface area contributed by atoms with Crippen LogP contribution in [0.2, 0.25) is 0 Å². The number of carbonyl (C=O) groups is 2. The highest BCUT2D eigenvalue weighted by atomic mass is 32.2. The first-order valence-corrected chi connectivity index (χ1v) is 7.67. The molecule has 1 aromatic carbocycles. The van der Waals surface area contributed by atoms with Gasteiger partial charge in [-0.05, 0) is 30.3 Å². The summed E-state index contributed by atoms with van der Waals surface area (Å²) in [5.41, 5.74) is 1.39. The molecule has 0 bridgehead atoms. The first-order valence-electron chi connectivity index (χ1n) is 6.52. The average molecular weight is 302 g/mol. The van der Waals surface area contributed by atoms with Gasteiger partial charge in [-0.3, -0.25) is 4.79 Å². The maximum absolute atomic E-state index is 12.5. The van der Waals surface area contributed by atoms with Crippen LogP contribution in [-0.2, 0) is 4.79 Å². The predicted octanol–water partition coefficient (Wildman–Crippen LogP) is 2.08. The van der Waals surface area contributed by atoms with E-state index in [4.69, 9.17) is 0 Å². The van der Waals surface area contributed by atoms with Crippen molar-refractivity contribution < 1.29 is 14.7 Å². The minimum absolute atomic E-state index is 0.235. The van der Waals surface area contributed by atoms with Gasteiger partial charge in [-0.1, -0.05) is 6.07 Å². The standard InChI is InChI=1S/C15H14N2O3S/c18-14(17-10-21-9-13(17)15(19)20)11-4-3-5-12(8-11)16-6-1-2-7-16/h1-8,13H,9-10H2,(H,19,20). The maximum Gasteiger partial charge on any atom is 0.327 e. The molecule has 2 aromatic rings. The largest absolute Gasteiger partial charge is 0.480 e. The van der Waals surface area contributed by atoms with Gasteiger partial charge in [0.25, 0.3) is 5.91 Å². The third kappa shape index (κ3) is 2.67. The summed E-state index contributed by atoms with van der Waals surface area (Å²) in [6.07, 6.45) is 3.80. The van der Waals surface area contributed by atoms with Gasteiger partial charge in [-0.25, -0.2) is 4.79 Å². The van der Waals surface area contributed by atoms with Gasteiger partial charge >= 0.3 is 5.97 Å². The topological polar surface area (TPSA) is 62.5 Å². The molecular formula is C15H14N2O3S. The van der Waals surface area contributed by atoms with Crippen LogP contribution in [0, 0.1) is 0 Å². The fourth-order valence-corrected chi connectivity index (χ4v) is 3.46. The Morgan fingerprint density at radius 1 is 1.19 bits per heavy atom. The van der Waals surface area contributed by atoms with Crippen molar-refractivity contribution in [1.29, 1.82) is 0 Å². The van der Waals surface area contributed by atoms with E-state index in [0.29, 0.717) is 17.2 Å². The van der Waals surface area contributed by atoms with E-state index in [-0.39, 0.29) is 5.91 Å². The monoisotopic (exact) mass is 302 g/mol. The van der Waals surface area contributed by atoms with E-state index in [2.05, 4.69) is 0 Å². The Morgan fingerprint density at radius 3 is 2.67 bits per heavy atom. The lowest BCUT2D eigenvalue weighted by atomic mass is 10.1. The van der Waals surface area contributed by atoms with E-state index in [1.165, 1.54) is 16.7 Å². The number of aliphatic carboxylic acids is 1. The van der Waals surface area contributed by atoms with Crippen molar-refractivity contribution in [2.24, 2.45) is 0 Å². The Kier molecular flexibility index (Phi) is 3.70. The quantitative estimate of drug-likeness (QED) is 0.943. The molecule has 6 heteroatoms. The predicted molar refractivity (Wildman–Crippen MR) is 80.7 cm³/mol. The van der Waals surface area contributed by atoms with Gasteiger partial charge in [0.1, 0.15) is 6.04 Å². The molecule has 108 valence electrons. The molecule has 1 N–H and O–H groups in total. The van der Waals surface area contributed by atoms with Crippen LogP contribution in [0.15, 0.2) is 48.8 Å². The summed E-state index contributed by atoms with van der Waals surface area (Å²) in [6, 6.07) is 10.3. The van der Waals surface area contributed by atoms with Crippen LogP contribution in [0.25, 0.3) is 5.69 Å². The second-order valence-electron chi connectivity index (χ2n) is 4.77. The number of benzene rings is 1. The SMILES string of the molecule is O=C(O)C1CSCN1C(=O)c1cccc(-n2cccc2)c1. The number of carbonyl (C=O) groups excluding carboxylic acids is 1. The van der Waals surface area contributed by atoms with E-state index >= 15 is 0 Å². The second kappa shape index (κ2) is 5.65. The highest BCUT2D eigenvalue weighted by molar-refractivity contribution is 7.99. The minimum atomic E-state index is -0.949. The Bertz CT molecular complexity index is 669. The number of aromatic nitrogens is 1. The molecule has 5 nitrogen and oxygen atoms in total. The molecule has 2 heterocycles. The van der Waals surface area contributed by atoms with Crippen LogP contribution in [0.4, 0.5) is 0 Å². The Hall–Kier alpha value is -2.21. The smallest absolute Gasteiger partial charge is 0.327 e. The van der Waals surface area contributed by atoms with Crippen molar-refractivity contribution >= 4 is 23.6 Å². The zero-order chi connectivity index (χ0) is 14.8. The van der Waals surface area contributed by atoms with Gasteiger partial charge in [-0.15, -0.1) is 11.8 Å². The van der Waals surface area contributed by atoms with Crippen LogP contribution >= 0.6 is 11.8 Å². The number of thioether (sulfide) groups is 1. The fourth-order valence-electron chi connectivity index (χ4n) is 2.32. The normalized spacial score (nSPS) is 17.9.